The summed E-state index contributed by atoms with van der Waals surface area (Å²) in [7, 11) is 0. The van der Waals surface area contributed by atoms with Crippen molar-refractivity contribution in [1.82, 2.24) is 9.97 Å². The van der Waals surface area contributed by atoms with E-state index in [1.165, 1.54) is 10.3 Å². The second-order valence-electron chi connectivity index (χ2n) is 4.61. The lowest BCUT2D eigenvalue weighted by Gasteiger charge is -2.32. The summed E-state index contributed by atoms with van der Waals surface area (Å²) in [6.45, 7) is 6.87. The SMILES string of the molecule is CCc1cc2c(N3CCO[C@H](C)C3)ncnc2s1. The van der Waals surface area contributed by atoms with E-state index in [-0.39, 0.29) is 6.10 Å². The van der Waals surface area contributed by atoms with E-state index in [9.17, 15) is 0 Å². The minimum atomic E-state index is 0.271. The number of hydrogen-bond acceptors (Lipinski definition) is 5. The van der Waals surface area contributed by atoms with Gasteiger partial charge in [-0.2, -0.15) is 0 Å². The molecule has 5 heteroatoms. The Morgan fingerprint density at radius 3 is 3.17 bits per heavy atom. The Kier molecular flexibility index (Phi) is 3.18. The molecule has 1 fully saturated rings. The molecule has 0 saturated carbocycles. The topological polar surface area (TPSA) is 38.2 Å². The molecule has 0 aromatic carbocycles. The van der Waals surface area contributed by atoms with Gasteiger partial charge in [-0.15, -0.1) is 11.3 Å². The van der Waals surface area contributed by atoms with Crippen LogP contribution < -0.4 is 4.90 Å². The van der Waals surface area contributed by atoms with Crippen LogP contribution in [0.3, 0.4) is 0 Å². The first-order valence-corrected chi connectivity index (χ1v) is 7.19. The Bertz CT molecular complexity index is 554. The van der Waals surface area contributed by atoms with Crippen molar-refractivity contribution in [1.29, 1.82) is 0 Å². The quantitative estimate of drug-likeness (QED) is 0.834. The summed E-state index contributed by atoms with van der Waals surface area (Å²) in [5.74, 6) is 1.06. The lowest BCUT2D eigenvalue weighted by atomic mass is 10.2. The average Bonchev–Trinajstić information content (AvgIpc) is 2.81. The third kappa shape index (κ3) is 2.08. The molecule has 1 atom stereocenters. The second kappa shape index (κ2) is 4.82. The van der Waals surface area contributed by atoms with Crippen molar-refractivity contribution < 1.29 is 4.74 Å². The van der Waals surface area contributed by atoms with Gasteiger partial charge in [-0.25, -0.2) is 9.97 Å². The van der Waals surface area contributed by atoms with Crippen LogP contribution in [0, 0.1) is 0 Å². The lowest BCUT2D eigenvalue weighted by Crippen LogP contribution is -2.41. The number of fused-ring (bicyclic) bond motifs is 1. The minimum Gasteiger partial charge on any atom is -0.375 e. The normalized spacial score (nSPS) is 20.6. The van der Waals surface area contributed by atoms with Gasteiger partial charge in [-0.3, -0.25) is 0 Å². The van der Waals surface area contributed by atoms with Gasteiger partial charge in [0, 0.05) is 18.0 Å². The number of nitrogens with zero attached hydrogens (tertiary/aromatic N) is 3. The van der Waals surface area contributed by atoms with Crippen LogP contribution in [0.4, 0.5) is 5.82 Å². The van der Waals surface area contributed by atoms with Crippen molar-refractivity contribution in [3.63, 3.8) is 0 Å². The summed E-state index contributed by atoms with van der Waals surface area (Å²) < 4.78 is 5.59. The molecule has 3 rings (SSSR count). The van der Waals surface area contributed by atoms with Crippen molar-refractivity contribution in [3.8, 4) is 0 Å². The van der Waals surface area contributed by atoms with Crippen LogP contribution in [-0.4, -0.2) is 35.8 Å². The Labute approximate surface area is 111 Å². The third-order valence-electron chi connectivity index (χ3n) is 3.25. The summed E-state index contributed by atoms with van der Waals surface area (Å²) in [5.41, 5.74) is 0. The van der Waals surface area contributed by atoms with Gasteiger partial charge in [0.15, 0.2) is 0 Å². The second-order valence-corrected chi connectivity index (χ2v) is 5.72. The first kappa shape index (κ1) is 11.9. The van der Waals surface area contributed by atoms with Crippen molar-refractivity contribution in [2.24, 2.45) is 0 Å². The van der Waals surface area contributed by atoms with Crippen molar-refractivity contribution in [2.45, 2.75) is 26.4 Å². The molecule has 0 amide bonds. The van der Waals surface area contributed by atoms with E-state index in [4.69, 9.17) is 4.74 Å². The maximum atomic E-state index is 5.59. The third-order valence-corrected chi connectivity index (χ3v) is 4.44. The van der Waals surface area contributed by atoms with E-state index in [0.29, 0.717) is 0 Å². The number of rotatable bonds is 2. The molecule has 3 heterocycles. The largest absolute Gasteiger partial charge is 0.375 e. The zero-order valence-electron chi connectivity index (χ0n) is 10.7. The van der Waals surface area contributed by atoms with Crippen LogP contribution in [0.5, 0.6) is 0 Å². The standard InChI is InChI=1S/C13H17N3OS/c1-3-10-6-11-12(14-8-15-13(11)18-10)16-4-5-17-9(2)7-16/h6,8-9H,3-5,7H2,1-2H3/t9-/m1/s1. The highest BCUT2D eigenvalue weighted by Crippen LogP contribution is 2.31. The first-order valence-electron chi connectivity index (χ1n) is 6.38. The van der Waals surface area contributed by atoms with E-state index in [1.54, 1.807) is 17.7 Å². The Balaban J connectivity index is 2.02. The van der Waals surface area contributed by atoms with Crippen molar-refractivity contribution >= 4 is 27.4 Å². The molecule has 1 aliphatic rings. The van der Waals surface area contributed by atoms with Crippen molar-refractivity contribution in [3.05, 3.63) is 17.3 Å². The monoisotopic (exact) mass is 263 g/mol. The smallest absolute Gasteiger partial charge is 0.140 e. The summed E-state index contributed by atoms with van der Waals surface area (Å²) in [4.78, 5) is 13.6. The number of aryl methyl sites for hydroxylation is 1. The van der Waals surface area contributed by atoms with Crippen LogP contribution in [0.25, 0.3) is 10.2 Å². The highest BCUT2D eigenvalue weighted by atomic mass is 32.1. The van der Waals surface area contributed by atoms with Gasteiger partial charge >= 0.3 is 0 Å². The molecule has 0 unspecified atom stereocenters. The number of anilines is 1. The highest BCUT2D eigenvalue weighted by Gasteiger charge is 2.20. The fourth-order valence-electron chi connectivity index (χ4n) is 2.33. The number of aromatic nitrogens is 2. The molecule has 0 radical (unpaired) electrons. The predicted molar refractivity (Wildman–Crippen MR) is 74.4 cm³/mol. The molecular weight excluding hydrogens is 246 g/mol. The van der Waals surface area contributed by atoms with Gasteiger partial charge in [0.05, 0.1) is 18.1 Å². The summed E-state index contributed by atoms with van der Waals surface area (Å²) in [5, 5.41) is 1.19. The molecule has 0 aliphatic carbocycles. The number of morpholine rings is 1. The lowest BCUT2D eigenvalue weighted by molar-refractivity contribution is 0.0530. The number of ether oxygens (including phenoxy) is 1. The van der Waals surface area contributed by atoms with Crippen molar-refractivity contribution in [2.75, 3.05) is 24.6 Å². The molecule has 0 N–H and O–H groups in total. The van der Waals surface area contributed by atoms with Gasteiger partial charge in [0.1, 0.15) is 17.0 Å². The Morgan fingerprint density at radius 1 is 1.50 bits per heavy atom. The summed E-state index contributed by atoms with van der Waals surface area (Å²) in [6, 6.07) is 2.23. The van der Waals surface area contributed by atoms with E-state index in [2.05, 4.69) is 34.8 Å². The molecule has 0 bridgehead atoms. The number of thiophene rings is 1. The Morgan fingerprint density at radius 2 is 2.39 bits per heavy atom. The molecule has 2 aromatic heterocycles. The molecule has 1 aliphatic heterocycles. The summed E-state index contributed by atoms with van der Waals surface area (Å²) >= 11 is 1.77. The van der Waals surface area contributed by atoms with E-state index in [1.807, 2.05) is 0 Å². The molecule has 4 nitrogen and oxygen atoms in total. The first-order chi connectivity index (χ1) is 8.78. The highest BCUT2D eigenvalue weighted by molar-refractivity contribution is 7.18. The zero-order chi connectivity index (χ0) is 12.5. The van der Waals surface area contributed by atoms with E-state index < -0.39 is 0 Å². The minimum absolute atomic E-state index is 0.271. The van der Waals surface area contributed by atoms with Gasteiger partial charge in [-0.1, -0.05) is 6.92 Å². The fourth-order valence-corrected chi connectivity index (χ4v) is 3.26. The average molecular weight is 263 g/mol. The maximum Gasteiger partial charge on any atom is 0.140 e. The van der Waals surface area contributed by atoms with Crippen LogP contribution in [0.2, 0.25) is 0 Å². The molecule has 0 spiro atoms. The summed E-state index contributed by atoms with van der Waals surface area (Å²) in [6.07, 6.45) is 3.00. The molecular formula is C13H17N3OS. The van der Waals surface area contributed by atoms with Crippen LogP contribution in [0.15, 0.2) is 12.4 Å². The van der Waals surface area contributed by atoms with E-state index in [0.717, 1.165) is 36.8 Å². The number of hydrogen-bond donors (Lipinski definition) is 0. The van der Waals surface area contributed by atoms with Gasteiger partial charge in [0.25, 0.3) is 0 Å². The van der Waals surface area contributed by atoms with E-state index >= 15 is 0 Å². The predicted octanol–water partition coefficient (Wildman–Crippen LogP) is 2.48. The van der Waals surface area contributed by atoms with Gasteiger partial charge < -0.3 is 9.64 Å². The zero-order valence-corrected chi connectivity index (χ0v) is 11.5. The molecule has 1 saturated heterocycles. The van der Waals surface area contributed by atoms with Crippen LogP contribution >= 0.6 is 11.3 Å². The molecule has 2 aromatic rings. The van der Waals surface area contributed by atoms with Gasteiger partial charge in [0.2, 0.25) is 0 Å². The van der Waals surface area contributed by atoms with Gasteiger partial charge in [-0.05, 0) is 19.4 Å². The fraction of sp³-hybridized carbons (Fsp3) is 0.538. The molecule has 96 valence electrons. The maximum absolute atomic E-state index is 5.59. The Hall–Kier alpha value is -1.20. The molecule has 18 heavy (non-hydrogen) atoms. The van der Waals surface area contributed by atoms with Crippen LogP contribution in [-0.2, 0) is 11.2 Å². The van der Waals surface area contributed by atoms with Crippen LogP contribution in [0.1, 0.15) is 18.7 Å².